The Morgan fingerprint density at radius 3 is 1.44 bits per heavy atom. The van der Waals surface area contributed by atoms with Gasteiger partial charge < -0.3 is 0 Å². The highest BCUT2D eigenvalue weighted by molar-refractivity contribution is 8.04. The first-order valence-electron chi connectivity index (χ1n) is 6.20. The van der Waals surface area contributed by atoms with Gasteiger partial charge in [0.15, 0.2) is 6.79 Å². The first kappa shape index (κ1) is 29.1. The van der Waals surface area contributed by atoms with Gasteiger partial charge in [-0.15, -0.1) is 0 Å². The van der Waals surface area contributed by atoms with Crippen LogP contribution in [0.4, 0.5) is 0 Å². The van der Waals surface area contributed by atoms with E-state index in [2.05, 4.69) is 36.6 Å². The second-order valence-corrected chi connectivity index (χ2v) is 11.1. The lowest BCUT2D eigenvalue weighted by atomic mass is 10.5. The lowest BCUT2D eigenvalue weighted by molar-refractivity contribution is 0.124. The molecule has 3 rings (SSSR count). The first-order chi connectivity index (χ1) is 11.8. The first-order valence-corrected chi connectivity index (χ1v) is 14.0. The van der Waals surface area contributed by atoms with Gasteiger partial charge in [-0.2, -0.15) is 33.7 Å². The predicted octanol–water partition coefficient (Wildman–Crippen LogP) is -0.568. The molecule has 2 fully saturated rings. The SMILES string of the molecule is C.O=S1(=O)C=CCO1.O=S1(=O)CCCO1.O=S1(=O)CS(=O)(=O)OCO1.P=S. The molecular weight excluding hydrogens is 491 g/mol. The molecule has 0 spiro atoms. The van der Waals surface area contributed by atoms with Crippen LogP contribution in [0.5, 0.6) is 0 Å². The van der Waals surface area contributed by atoms with Gasteiger partial charge in [-0.3, -0.25) is 8.37 Å². The van der Waals surface area contributed by atoms with E-state index in [1.807, 2.05) is 0 Å². The molecule has 0 radical (unpaired) electrons. The van der Waals surface area contributed by atoms with Gasteiger partial charge in [-0.05, 0) is 20.5 Å². The normalized spacial score (nSPS) is 25.0. The number of rotatable bonds is 0. The molecule has 0 atom stereocenters. The van der Waals surface area contributed by atoms with Crippen LogP contribution in [0, 0.1) is 0 Å². The summed E-state index contributed by atoms with van der Waals surface area (Å²) >= 11 is 3.89. The Bertz CT molecular complexity index is 843. The third-order valence-corrected chi connectivity index (χ3v) is 7.66. The molecule has 0 N–H and O–H groups in total. The predicted molar refractivity (Wildman–Crippen MR) is 101 cm³/mol. The highest BCUT2D eigenvalue weighted by atomic mass is 32.4. The van der Waals surface area contributed by atoms with Crippen LogP contribution in [0.2, 0.25) is 0 Å². The van der Waals surface area contributed by atoms with Gasteiger partial charge in [0.05, 0.1) is 24.4 Å². The topological polar surface area (TPSA) is 173 Å². The molecule has 3 aliphatic rings. The fraction of sp³-hybridized carbons (Fsp3) is 0.778. The van der Waals surface area contributed by atoms with E-state index in [-0.39, 0.29) is 19.8 Å². The zero-order valence-corrected chi connectivity index (χ0v) is 17.9. The Morgan fingerprint density at radius 2 is 1.30 bits per heavy atom. The van der Waals surface area contributed by atoms with Crippen LogP contribution >= 0.6 is 8.02 Å². The molecule has 18 heteroatoms. The van der Waals surface area contributed by atoms with Crippen molar-refractivity contribution in [3.8, 4) is 0 Å². The van der Waals surface area contributed by atoms with Crippen LogP contribution < -0.4 is 0 Å². The van der Waals surface area contributed by atoms with E-state index in [4.69, 9.17) is 0 Å². The molecule has 0 saturated carbocycles. The largest absolute Gasteiger partial charge is 0.290 e. The average Bonchev–Trinajstić information content (AvgIpc) is 3.07. The van der Waals surface area contributed by atoms with E-state index >= 15 is 0 Å². The summed E-state index contributed by atoms with van der Waals surface area (Å²) in [5.74, 6) is 0.201. The lowest BCUT2D eigenvalue weighted by Gasteiger charge is -2.11. The van der Waals surface area contributed by atoms with Crippen molar-refractivity contribution in [3.05, 3.63) is 11.5 Å². The van der Waals surface area contributed by atoms with Crippen molar-refractivity contribution in [3.63, 3.8) is 0 Å². The van der Waals surface area contributed by atoms with Crippen molar-refractivity contribution in [2.24, 2.45) is 0 Å². The minimum Gasteiger partial charge on any atom is -0.270 e. The summed E-state index contributed by atoms with van der Waals surface area (Å²) in [5, 5.41) is -0.0486. The Labute approximate surface area is 166 Å². The highest BCUT2D eigenvalue weighted by Gasteiger charge is 2.29. The van der Waals surface area contributed by atoms with E-state index in [1.165, 1.54) is 6.08 Å². The van der Waals surface area contributed by atoms with Crippen LogP contribution in [-0.4, -0.2) is 64.5 Å². The lowest BCUT2D eigenvalue weighted by Crippen LogP contribution is -2.28. The maximum atomic E-state index is 10.4. The van der Waals surface area contributed by atoms with E-state index in [0.29, 0.717) is 13.0 Å². The van der Waals surface area contributed by atoms with Crippen LogP contribution in [0.25, 0.3) is 0 Å². The average molecular weight is 511 g/mol. The molecule has 2 saturated heterocycles. The summed E-state index contributed by atoms with van der Waals surface area (Å²) in [6, 6.07) is 0. The molecule has 12 nitrogen and oxygen atoms in total. The summed E-state index contributed by atoms with van der Waals surface area (Å²) in [6.07, 6.45) is 2.11. The minimum absolute atomic E-state index is 0. The van der Waals surface area contributed by atoms with Gasteiger partial charge in [0.1, 0.15) is 0 Å². The molecular formula is C9H19O12PS5. The number of hydrogen-bond donors (Lipinski definition) is 0. The molecule has 3 heterocycles. The molecule has 0 aromatic heterocycles. The van der Waals surface area contributed by atoms with Crippen molar-refractivity contribution >= 4 is 60.3 Å². The summed E-state index contributed by atoms with van der Waals surface area (Å²) in [4.78, 5) is 0. The van der Waals surface area contributed by atoms with Gasteiger partial charge in [0.2, 0.25) is 5.08 Å². The Morgan fingerprint density at radius 1 is 0.778 bits per heavy atom. The molecule has 162 valence electrons. The van der Waals surface area contributed by atoms with E-state index in [9.17, 15) is 33.7 Å². The van der Waals surface area contributed by atoms with E-state index in [1.54, 1.807) is 0 Å². The van der Waals surface area contributed by atoms with E-state index in [0.717, 1.165) is 5.41 Å². The van der Waals surface area contributed by atoms with Crippen molar-refractivity contribution < 1.29 is 50.4 Å². The van der Waals surface area contributed by atoms with Crippen molar-refractivity contribution in [2.45, 2.75) is 13.8 Å². The molecule has 0 bridgehead atoms. The smallest absolute Gasteiger partial charge is 0.270 e. The second kappa shape index (κ2) is 12.5. The Hall–Kier alpha value is -0.100. The third-order valence-electron chi connectivity index (χ3n) is 2.14. The third kappa shape index (κ3) is 14.5. The quantitative estimate of drug-likeness (QED) is 0.300. The van der Waals surface area contributed by atoms with Crippen molar-refractivity contribution in [2.75, 3.05) is 30.8 Å². The zero-order valence-electron chi connectivity index (χ0n) is 12.8. The van der Waals surface area contributed by atoms with Crippen LogP contribution in [-0.2, 0) is 69.0 Å². The van der Waals surface area contributed by atoms with Gasteiger partial charge in [0, 0.05) is 0 Å². The fourth-order valence-electron chi connectivity index (χ4n) is 1.22. The molecule has 0 unspecified atom stereocenters. The Kier molecular flexibility index (Phi) is 13.4. The molecule has 0 amide bonds. The second-order valence-electron chi connectivity index (χ2n) is 4.17. The molecule has 3 aliphatic heterocycles. The van der Waals surface area contributed by atoms with Gasteiger partial charge in [0.25, 0.3) is 40.5 Å². The van der Waals surface area contributed by atoms with Gasteiger partial charge in [-0.25, -0.2) is 8.37 Å². The highest BCUT2D eigenvalue weighted by Crippen LogP contribution is 2.08. The summed E-state index contributed by atoms with van der Waals surface area (Å²) in [7, 11) is -11.5. The van der Waals surface area contributed by atoms with E-state index < -0.39 is 52.4 Å². The monoisotopic (exact) mass is 510 g/mol. The summed E-state index contributed by atoms with van der Waals surface area (Å²) in [5.41, 5.74) is 0. The van der Waals surface area contributed by atoms with Crippen molar-refractivity contribution in [1.29, 1.82) is 0 Å². The van der Waals surface area contributed by atoms with Gasteiger partial charge >= 0.3 is 0 Å². The van der Waals surface area contributed by atoms with Crippen LogP contribution in [0.1, 0.15) is 13.8 Å². The van der Waals surface area contributed by atoms with Crippen LogP contribution in [0.15, 0.2) is 11.5 Å². The Balaban J connectivity index is 0. The molecule has 0 aliphatic carbocycles. The molecule has 0 aromatic carbocycles. The minimum atomic E-state index is -3.90. The van der Waals surface area contributed by atoms with Gasteiger partial charge in [-0.1, -0.05) is 19.2 Å². The summed E-state index contributed by atoms with van der Waals surface area (Å²) < 4.78 is 98.7. The maximum Gasteiger partial charge on any atom is 0.290 e. The van der Waals surface area contributed by atoms with Crippen LogP contribution in [0.3, 0.4) is 0 Å². The standard InChI is InChI=1S/C3H6O3S.C3H4O3S.C2H4O6S2.CH4.HPS/c2*4-7(5)3-1-2-6-7;3-9(4)2-10(5,6)8-1-7-9;;1-2/h1-3H2;1,3H,2H2;1-2H2;1H4;1H. The zero-order chi connectivity index (χ0) is 20.5. The fourth-order valence-corrected chi connectivity index (χ4v) is 5.25. The molecule has 27 heavy (non-hydrogen) atoms. The molecule has 0 aromatic rings. The van der Waals surface area contributed by atoms with Crippen molar-refractivity contribution in [1.82, 2.24) is 0 Å². The summed E-state index contributed by atoms with van der Waals surface area (Å²) in [6.45, 7) is -0.171. The maximum absolute atomic E-state index is 10.4. The number of hydrogen-bond acceptors (Lipinski definition) is 13.